The van der Waals surface area contributed by atoms with Gasteiger partial charge in [0.05, 0.1) is 13.0 Å². The summed E-state index contributed by atoms with van der Waals surface area (Å²) in [7, 11) is 0. The van der Waals surface area contributed by atoms with Gasteiger partial charge in [-0.05, 0) is 18.3 Å². The smallest absolute Gasteiger partial charge is 0.306 e. The molecular formula is C13H26O2. The number of hydrogen-bond donors (Lipinski definition) is 0. The Morgan fingerprint density at radius 3 is 2.27 bits per heavy atom. The summed E-state index contributed by atoms with van der Waals surface area (Å²) in [5.74, 6) is -0.0375. The molecule has 0 aromatic carbocycles. The summed E-state index contributed by atoms with van der Waals surface area (Å²) < 4.78 is 5.16. The molecule has 2 heteroatoms. The SMILES string of the molecule is CCCCOC(=O)CC(C)(C)CCCC. The van der Waals surface area contributed by atoms with Crippen LogP contribution in [0.1, 0.15) is 66.2 Å². The van der Waals surface area contributed by atoms with Gasteiger partial charge >= 0.3 is 5.97 Å². The number of carbonyl (C=O) groups excluding carboxylic acids is 1. The van der Waals surface area contributed by atoms with Crippen LogP contribution in [0.4, 0.5) is 0 Å². The van der Waals surface area contributed by atoms with Gasteiger partial charge in [0.2, 0.25) is 0 Å². The molecule has 0 aliphatic heterocycles. The fourth-order valence-corrected chi connectivity index (χ4v) is 1.52. The molecule has 0 heterocycles. The molecule has 0 spiro atoms. The Morgan fingerprint density at radius 1 is 1.13 bits per heavy atom. The van der Waals surface area contributed by atoms with Crippen LogP contribution in [-0.4, -0.2) is 12.6 Å². The Kier molecular flexibility index (Phi) is 7.45. The van der Waals surface area contributed by atoms with E-state index in [0.29, 0.717) is 13.0 Å². The molecule has 0 amide bonds. The van der Waals surface area contributed by atoms with Crippen LogP contribution in [-0.2, 0) is 9.53 Å². The van der Waals surface area contributed by atoms with Crippen LogP contribution in [0, 0.1) is 5.41 Å². The molecule has 0 bridgehead atoms. The summed E-state index contributed by atoms with van der Waals surface area (Å²) >= 11 is 0. The Labute approximate surface area is 94.4 Å². The van der Waals surface area contributed by atoms with Crippen molar-refractivity contribution in [3.05, 3.63) is 0 Å². The predicted octanol–water partition coefficient (Wildman–Crippen LogP) is 3.94. The third kappa shape index (κ3) is 8.46. The number of hydrogen-bond acceptors (Lipinski definition) is 2. The van der Waals surface area contributed by atoms with Gasteiger partial charge in [0.25, 0.3) is 0 Å². The average molecular weight is 214 g/mol. The highest BCUT2D eigenvalue weighted by Crippen LogP contribution is 2.27. The number of rotatable bonds is 8. The predicted molar refractivity (Wildman–Crippen MR) is 63.8 cm³/mol. The molecule has 0 aromatic heterocycles. The van der Waals surface area contributed by atoms with Gasteiger partial charge in [-0.3, -0.25) is 4.79 Å². The molecule has 0 radical (unpaired) electrons. The van der Waals surface area contributed by atoms with Crippen molar-refractivity contribution in [2.24, 2.45) is 5.41 Å². The standard InChI is InChI=1S/C13H26O2/c1-5-7-9-13(3,4)11-12(14)15-10-8-6-2/h5-11H2,1-4H3. The van der Waals surface area contributed by atoms with E-state index < -0.39 is 0 Å². The number of carbonyl (C=O) groups is 1. The summed E-state index contributed by atoms with van der Waals surface area (Å²) in [6, 6.07) is 0. The van der Waals surface area contributed by atoms with E-state index in [0.717, 1.165) is 19.3 Å². The van der Waals surface area contributed by atoms with E-state index in [4.69, 9.17) is 4.74 Å². The van der Waals surface area contributed by atoms with Gasteiger partial charge in [-0.2, -0.15) is 0 Å². The van der Waals surface area contributed by atoms with Crippen LogP contribution in [0.5, 0.6) is 0 Å². The lowest BCUT2D eigenvalue weighted by atomic mass is 9.84. The topological polar surface area (TPSA) is 26.3 Å². The highest BCUT2D eigenvalue weighted by atomic mass is 16.5. The molecule has 0 saturated carbocycles. The minimum absolute atomic E-state index is 0.0375. The summed E-state index contributed by atoms with van der Waals surface area (Å²) in [6.07, 6.45) is 6.08. The van der Waals surface area contributed by atoms with Crippen molar-refractivity contribution in [1.29, 1.82) is 0 Å². The van der Waals surface area contributed by atoms with Gasteiger partial charge in [0, 0.05) is 0 Å². The van der Waals surface area contributed by atoms with Crippen molar-refractivity contribution in [2.75, 3.05) is 6.61 Å². The number of unbranched alkanes of at least 4 members (excludes halogenated alkanes) is 2. The Hall–Kier alpha value is -0.530. The van der Waals surface area contributed by atoms with E-state index >= 15 is 0 Å². The van der Waals surface area contributed by atoms with Crippen LogP contribution in [0.25, 0.3) is 0 Å². The van der Waals surface area contributed by atoms with Crippen molar-refractivity contribution in [3.63, 3.8) is 0 Å². The molecule has 2 nitrogen and oxygen atoms in total. The quantitative estimate of drug-likeness (QED) is 0.452. The van der Waals surface area contributed by atoms with Gasteiger partial charge in [-0.15, -0.1) is 0 Å². The first-order valence-electron chi connectivity index (χ1n) is 6.17. The summed E-state index contributed by atoms with van der Waals surface area (Å²) in [6.45, 7) is 9.14. The molecule has 0 aromatic rings. The van der Waals surface area contributed by atoms with Gasteiger partial charge in [-0.25, -0.2) is 0 Å². The first kappa shape index (κ1) is 14.5. The van der Waals surface area contributed by atoms with Crippen LogP contribution in [0.3, 0.4) is 0 Å². The van der Waals surface area contributed by atoms with E-state index in [2.05, 4.69) is 27.7 Å². The zero-order chi connectivity index (χ0) is 11.7. The van der Waals surface area contributed by atoms with Gasteiger partial charge in [-0.1, -0.05) is 47.0 Å². The molecule has 0 rings (SSSR count). The zero-order valence-corrected chi connectivity index (χ0v) is 10.8. The average Bonchev–Trinajstić information content (AvgIpc) is 2.14. The lowest BCUT2D eigenvalue weighted by Crippen LogP contribution is -2.19. The van der Waals surface area contributed by atoms with E-state index in [9.17, 15) is 4.79 Å². The second kappa shape index (κ2) is 7.72. The van der Waals surface area contributed by atoms with E-state index in [1.54, 1.807) is 0 Å². The highest BCUT2D eigenvalue weighted by molar-refractivity contribution is 5.70. The minimum atomic E-state index is -0.0375. The van der Waals surface area contributed by atoms with Gasteiger partial charge in [0.15, 0.2) is 0 Å². The minimum Gasteiger partial charge on any atom is -0.466 e. The molecular weight excluding hydrogens is 188 g/mol. The van der Waals surface area contributed by atoms with Crippen LogP contribution in [0.2, 0.25) is 0 Å². The Morgan fingerprint density at radius 2 is 1.73 bits per heavy atom. The van der Waals surface area contributed by atoms with Crippen molar-refractivity contribution >= 4 is 5.97 Å². The molecule has 90 valence electrons. The third-order valence-corrected chi connectivity index (χ3v) is 2.59. The summed E-state index contributed by atoms with van der Waals surface area (Å²) in [4.78, 5) is 11.5. The van der Waals surface area contributed by atoms with E-state index in [1.807, 2.05) is 0 Å². The molecule has 0 N–H and O–H groups in total. The van der Waals surface area contributed by atoms with Crippen LogP contribution < -0.4 is 0 Å². The monoisotopic (exact) mass is 214 g/mol. The maximum Gasteiger partial charge on any atom is 0.306 e. The highest BCUT2D eigenvalue weighted by Gasteiger charge is 2.21. The normalized spacial score (nSPS) is 11.5. The fraction of sp³-hybridized carbons (Fsp3) is 0.923. The molecule has 0 atom stereocenters. The molecule has 0 saturated heterocycles. The second-order valence-corrected chi connectivity index (χ2v) is 5.02. The number of esters is 1. The first-order valence-corrected chi connectivity index (χ1v) is 6.17. The lowest BCUT2D eigenvalue weighted by molar-refractivity contribution is -0.146. The zero-order valence-electron chi connectivity index (χ0n) is 10.8. The van der Waals surface area contributed by atoms with Gasteiger partial charge < -0.3 is 4.74 Å². The van der Waals surface area contributed by atoms with Crippen molar-refractivity contribution in [3.8, 4) is 0 Å². The summed E-state index contributed by atoms with van der Waals surface area (Å²) in [5.41, 5.74) is 0.0965. The fourth-order valence-electron chi connectivity index (χ4n) is 1.52. The largest absolute Gasteiger partial charge is 0.466 e. The molecule has 0 fully saturated rings. The number of ether oxygens (including phenoxy) is 1. The van der Waals surface area contributed by atoms with Crippen LogP contribution in [0.15, 0.2) is 0 Å². The van der Waals surface area contributed by atoms with Crippen molar-refractivity contribution in [2.45, 2.75) is 66.2 Å². The first-order chi connectivity index (χ1) is 7.02. The van der Waals surface area contributed by atoms with E-state index in [1.165, 1.54) is 12.8 Å². The van der Waals surface area contributed by atoms with Crippen LogP contribution >= 0.6 is 0 Å². The van der Waals surface area contributed by atoms with Crippen molar-refractivity contribution in [1.82, 2.24) is 0 Å². The van der Waals surface area contributed by atoms with Crippen molar-refractivity contribution < 1.29 is 9.53 Å². The lowest BCUT2D eigenvalue weighted by Gasteiger charge is -2.23. The third-order valence-electron chi connectivity index (χ3n) is 2.59. The van der Waals surface area contributed by atoms with Gasteiger partial charge in [0.1, 0.15) is 0 Å². The van der Waals surface area contributed by atoms with E-state index in [-0.39, 0.29) is 11.4 Å². The summed E-state index contributed by atoms with van der Waals surface area (Å²) in [5, 5.41) is 0. The maximum atomic E-state index is 11.5. The maximum absolute atomic E-state index is 11.5. The Bertz CT molecular complexity index is 173. The molecule has 15 heavy (non-hydrogen) atoms. The Balaban J connectivity index is 3.72. The second-order valence-electron chi connectivity index (χ2n) is 5.02. The molecule has 0 aliphatic carbocycles. The molecule has 0 aliphatic rings. The molecule has 0 unspecified atom stereocenters.